The Morgan fingerprint density at radius 2 is 2.18 bits per heavy atom. The van der Waals surface area contributed by atoms with Crippen LogP contribution in [0.15, 0.2) is 30.9 Å². The highest BCUT2D eigenvalue weighted by atomic mass is 16.5. The molecule has 4 rings (SSSR count). The van der Waals surface area contributed by atoms with Gasteiger partial charge in [0.15, 0.2) is 0 Å². The van der Waals surface area contributed by atoms with Gasteiger partial charge < -0.3 is 9.64 Å². The topological polar surface area (TPSA) is 68.2 Å². The van der Waals surface area contributed by atoms with Gasteiger partial charge in [-0.15, -0.1) is 0 Å². The van der Waals surface area contributed by atoms with Crippen molar-refractivity contribution in [2.45, 2.75) is 31.3 Å². The Balaban J connectivity index is 1.67. The van der Waals surface area contributed by atoms with E-state index in [0.29, 0.717) is 11.4 Å². The highest BCUT2D eigenvalue weighted by molar-refractivity contribution is 5.94. The van der Waals surface area contributed by atoms with Gasteiger partial charge in [0.1, 0.15) is 6.33 Å². The maximum absolute atomic E-state index is 12.9. The van der Waals surface area contributed by atoms with Gasteiger partial charge in [0.2, 0.25) is 5.88 Å². The zero-order chi connectivity index (χ0) is 15.1. The van der Waals surface area contributed by atoms with Crippen LogP contribution in [0.1, 0.15) is 40.5 Å². The Labute approximate surface area is 128 Å². The summed E-state index contributed by atoms with van der Waals surface area (Å²) in [7, 11) is 1.56. The Hall–Kier alpha value is -2.50. The quantitative estimate of drug-likeness (QED) is 0.845. The second-order valence-corrected chi connectivity index (χ2v) is 5.68. The van der Waals surface area contributed by atoms with Crippen LogP contribution in [0.4, 0.5) is 0 Å². The van der Waals surface area contributed by atoms with Gasteiger partial charge in [-0.2, -0.15) is 0 Å². The third-order valence-electron chi connectivity index (χ3n) is 4.54. The molecule has 2 aromatic rings. The summed E-state index contributed by atoms with van der Waals surface area (Å²) in [5.41, 5.74) is 2.77. The van der Waals surface area contributed by atoms with Gasteiger partial charge in [0.25, 0.3) is 5.91 Å². The van der Waals surface area contributed by atoms with E-state index in [0.717, 1.165) is 30.5 Å². The van der Waals surface area contributed by atoms with Crippen molar-refractivity contribution in [3.63, 3.8) is 0 Å². The van der Waals surface area contributed by atoms with E-state index < -0.39 is 0 Å². The van der Waals surface area contributed by atoms with Crippen molar-refractivity contribution in [2.24, 2.45) is 0 Å². The highest BCUT2D eigenvalue weighted by Crippen LogP contribution is 2.43. The third-order valence-corrected chi connectivity index (χ3v) is 4.54. The SMILES string of the molecule is COc1ccc(C(=O)N2C3CCC2c2cncnc2C3)cn1. The standard InChI is InChI=1S/C16H16N4O2/c1-22-15-5-2-10(7-18-15)16(21)20-11-3-4-14(20)12-8-17-9-19-13(12)6-11/h2,5,7-9,11,14H,3-4,6H2,1H3. The van der Waals surface area contributed by atoms with Crippen molar-refractivity contribution in [2.75, 3.05) is 7.11 Å². The van der Waals surface area contributed by atoms with Crippen molar-refractivity contribution < 1.29 is 9.53 Å². The van der Waals surface area contributed by atoms with Crippen LogP contribution >= 0.6 is 0 Å². The van der Waals surface area contributed by atoms with Crippen molar-refractivity contribution >= 4 is 5.91 Å². The number of ether oxygens (including phenoxy) is 1. The molecule has 0 N–H and O–H groups in total. The molecule has 1 amide bonds. The summed E-state index contributed by atoms with van der Waals surface area (Å²) in [5.74, 6) is 0.536. The molecule has 2 aliphatic rings. The smallest absolute Gasteiger partial charge is 0.256 e. The molecule has 2 atom stereocenters. The van der Waals surface area contributed by atoms with Crippen molar-refractivity contribution in [3.05, 3.63) is 47.7 Å². The first-order valence-electron chi connectivity index (χ1n) is 7.39. The van der Waals surface area contributed by atoms with E-state index in [9.17, 15) is 4.79 Å². The maximum Gasteiger partial charge on any atom is 0.256 e. The first-order chi connectivity index (χ1) is 10.8. The van der Waals surface area contributed by atoms with Gasteiger partial charge in [-0.1, -0.05) is 0 Å². The summed E-state index contributed by atoms with van der Waals surface area (Å²) < 4.78 is 5.04. The lowest BCUT2D eigenvalue weighted by atomic mass is 9.98. The van der Waals surface area contributed by atoms with E-state index in [1.165, 1.54) is 0 Å². The monoisotopic (exact) mass is 296 g/mol. The molecule has 0 radical (unpaired) electrons. The summed E-state index contributed by atoms with van der Waals surface area (Å²) in [6, 6.07) is 3.80. The molecule has 0 aromatic carbocycles. The number of aromatic nitrogens is 3. The number of fused-ring (bicyclic) bond motifs is 4. The Kier molecular flexibility index (Phi) is 3.03. The molecule has 0 spiro atoms. The normalized spacial score (nSPS) is 22.3. The molecule has 0 saturated carbocycles. The average Bonchev–Trinajstić information content (AvgIpc) is 2.89. The molecule has 6 nitrogen and oxygen atoms in total. The van der Waals surface area contributed by atoms with Gasteiger partial charge in [-0.3, -0.25) is 4.79 Å². The molecule has 2 bridgehead atoms. The van der Waals surface area contributed by atoms with Crippen molar-refractivity contribution in [3.8, 4) is 5.88 Å². The molecule has 4 heterocycles. The maximum atomic E-state index is 12.9. The first kappa shape index (κ1) is 13.2. The van der Waals surface area contributed by atoms with Crippen LogP contribution in [0.25, 0.3) is 0 Å². The molecule has 2 unspecified atom stereocenters. The molecule has 112 valence electrons. The second-order valence-electron chi connectivity index (χ2n) is 5.68. The molecular formula is C16H16N4O2. The van der Waals surface area contributed by atoms with Crippen LogP contribution < -0.4 is 4.74 Å². The Morgan fingerprint density at radius 1 is 1.27 bits per heavy atom. The fourth-order valence-electron chi connectivity index (χ4n) is 3.51. The molecule has 22 heavy (non-hydrogen) atoms. The lowest BCUT2D eigenvalue weighted by Crippen LogP contribution is -2.42. The predicted octanol–water partition coefficient (Wildman–Crippen LogP) is 1.78. The minimum atomic E-state index is 0.0251. The van der Waals surface area contributed by atoms with E-state index in [1.54, 1.807) is 31.8 Å². The third kappa shape index (κ3) is 1.94. The number of nitrogens with zero attached hydrogens (tertiary/aromatic N) is 4. The van der Waals surface area contributed by atoms with Crippen LogP contribution in [0.2, 0.25) is 0 Å². The number of rotatable bonds is 2. The van der Waals surface area contributed by atoms with Crippen LogP contribution in [0.3, 0.4) is 0 Å². The fourth-order valence-corrected chi connectivity index (χ4v) is 3.51. The fraction of sp³-hybridized carbons (Fsp3) is 0.375. The summed E-state index contributed by atoms with van der Waals surface area (Å²) in [4.78, 5) is 27.5. The summed E-state index contributed by atoms with van der Waals surface area (Å²) in [6.45, 7) is 0. The number of hydrogen-bond donors (Lipinski definition) is 0. The summed E-state index contributed by atoms with van der Waals surface area (Å²) in [5, 5.41) is 0. The molecule has 0 aliphatic carbocycles. The van der Waals surface area contributed by atoms with Gasteiger partial charge in [0.05, 0.1) is 24.4 Å². The van der Waals surface area contributed by atoms with Gasteiger partial charge in [0, 0.05) is 36.5 Å². The average molecular weight is 296 g/mol. The lowest BCUT2D eigenvalue weighted by molar-refractivity contribution is 0.0643. The van der Waals surface area contributed by atoms with E-state index in [2.05, 4.69) is 15.0 Å². The van der Waals surface area contributed by atoms with E-state index in [-0.39, 0.29) is 18.0 Å². The number of methoxy groups -OCH3 is 1. The molecule has 6 heteroatoms. The van der Waals surface area contributed by atoms with Crippen LogP contribution in [-0.2, 0) is 6.42 Å². The molecule has 2 aromatic heterocycles. The van der Waals surface area contributed by atoms with Gasteiger partial charge in [-0.05, 0) is 18.9 Å². The van der Waals surface area contributed by atoms with E-state index >= 15 is 0 Å². The summed E-state index contributed by atoms with van der Waals surface area (Å²) >= 11 is 0. The second kappa shape index (κ2) is 5.05. The van der Waals surface area contributed by atoms with Crippen LogP contribution in [0.5, 0.6) is 5.88 Å². The lowest BCUT2D eigenvalue weighted by Gasteiger charge is -2.35. The van der Waals surface area contributed by atoms with E-state index in [4.69, 9.17) is 4.74 Å². The van der Waals surface area contributed by atoms with Gasteiger partial charge in [-0.25, -0.2) is 15.0 Å². The van der Waals surface area contributed by atoms with Gasteiger partial charge >= 0.3 is 0 Å². The molecule has 2 aliphatic heterocycles. The summed E-state index contributed by atoms with van der Waals surface area (Å²) in [6.07, 6.45) is 7.81. The predicted molar refractivity (Wildman–Crippen MR) is 78.5 cm³/mol. The van der Waals surface area contributed by atoms with Crippen molar-refractivity contribution in [1.29, 1.82) is 0 Å². The minimum absolute atomic E-state index is 0.0251. The number of carbonyl (C=O) groups is 1. The molecular weight excluding hydrogens is 280 g/mol. The number of carbonyl (C=O) groups excluding carboxylic acids is 1. The highest BCUT2D eigenvalue weighted by Gasteiger charge is 2.43. The van der Waals surface area contributed by atoms with E-state index in [1.807, 2.05) is 11.1 Å². The largest absolute Gasteiger partial charge is 0.481 e. The van der Waals surface area contributed by atoms with Crippen molar-refractivity contribution in [1.82, 2.24) is 19.9 Å². The first-order valence-corrected chi connectivity index (χ1v) is 7.39. The minimum Gasteiger partial charge on any atom is -0.481 e. The zero-order valence-electron chi connectivity index (χ0n) is 12.3. The molecule has 1 saturated heterocycles. The van der Waals surface area contributed by atoms with Crippen LogP contribution in [0, 0.1) is 0 Å². The Bertz CT molecular complexity index is 716. The zero-order valence-corrected chi connectivity index (χ0v) is 12.3. The number of pyridine rings is 1. The molecule has 1 fully saturated rings. The Morgan fingerprint density at radius 3 is 2.95 bits per heavy atom. The number of amides is 1. The van der Waals surface area contributed by atoms with Crippen LogP contribution in [-0.4, -0.2) is 38.9 Å². The number of hydrogen-bond acceptors (Lipinski definition) is 5.